The highest BCUT2D eigenvalue weighted by atomic mass is 15.0. The second-order valence-electron chi connectivity index (χ2n) is 4.74. The molecular formula is C15H15N3. The monoisotopic (exact) mass is 237 g/mol. The van der Waals surface area contributed by atoms with Gasteiger partial charge < -0.3 is 4.57 Å². The predicted octanol–water partition coefficient (Wildman–Crippen LogP) is 3.25. The quantitative estimate of drug-likeness (QED) is 0.650. The lowest BCUT2D eigenvalue weighted by atomic mass is 10.1. The van der Waals surface area contributed by atoms with E-state index in [1.165, 1.54) is 16.5 Å². The van der Waals surface area contributed by atoms with Gasteiger partial charge in [0.25, 0.3) is 0 Å². The fourth-order valence-corrected chi connectivity index (χ4v) is 2.28. The molecule has 3 rings (SSSR count). The van der Waals surface area contributed by atoms with E-state index in [0.717, 1.165) is 16.9 Å². The van der Waals surface area contributed by atoms with Crippen molar-refractivity contribution in [3.05, 3.63) is 47.9 Å². The van der Waals surface area contributed by atoms with E-state index in [0.29, 0.717) is 0 Å². The lowest BCUT2D eigenvalue weighted by molar-refractivity contribution is 0.944. The van der Waals surface area contributed by atoms with Gasteiger partial charge in [0.2, 0.25) is 0 Å². The molecule has 0 aliphatic rings. The molecule has 0 aliphatic heterocycles. The Labute approximate surface area is 106 Å². The Morgan fingerprint density at radius 2 is 1.94 bits per heavy atom. The lowest BCUT2D eigenvalue weighted by Gasteiger charge is -2.02. The van der Waals surface area contributed by atoms with Crippen molar-refractivity contribution in [2.45, 2.75) is 13.8 Å². The minimum Gasteiger partial charge on any atom is -0.335 e. The molecule has 0 spiro atoms. The number of hydrogen-bond acceptors (Lipinski definition) is 2. The number of fused-ring (bicyclic) bond motifs is 1. The SMILES string of the molecule is Cc1ccnc(-c2cnc3c(c2)c(C)cn3C)c1. The van der Waals surface area contributed by atoms with Crippen LogP contribution in [0, 0.1) is 13.8 Å². The van der Waals surface area contributed by atoms with Gasteiger partial charge in [-0.15, -0.1) is 0 Å². The summed E-state index contributed by atoms with van der Waals surface area (Å²) < 4.78 is 2.05. The zero-order valence-corrected chi connectivity index (χ0v) is 10.8. The smallest absolute Gasteiger partial charge is 0.139 e. The Balaban J connectivity index is 2.22. The summed E-state index contributed by atoms with van der Waals surface area (Å²) in [6, 6.07) is 6.25. The third-order valence-corrected chi connectivity index (χ3v) is 3.22. The van der Waals surface area contributed by atoms with E-state index < -0.39 is 0 Å². The summed E-state index contributed by atoms with van der Waals surface area (Å²) in [6.07, 6.45) is 5.83. The number of aromatic nitrogens is 3. The minimum absolute atomic E-state index is 0.979. The van der Waals surface area contributed by atoms with Crippen LogP contribution in [0.15, 0.2) is 36.8 Å². The molecule has 0 amide bonds. The largest absolute Gasteiger partial charge is 0.335 e. The average Bonchev–Trinajstić information content (AvgIpc) is 2.65. The van der Waals surface area contributed by atoms with Gasteiger partial charge in [-0.1, -0.05) is 0 Å². The van der Waals surface area contributed by atoms with Crippen molar-refractivity contribution in [1.29, 1.82) is 0 Å². The molecule has 18 heavy (non-hydrogen) atoms. The Morgan fingerprint density at radius 1 is 1.11 bits per heavy atom. The van der Waals surface area contributed by atoms with Crippen LogP contribution in [0.5, 0.6) is 0 Å². The number of pyridine rings is 2. The summed E-state index contributed by atoms with van der Waals surface area (Å²) in [4.78, 5) is 8.94. The molecular weight excluding hydrogens is 222 g/mol. The molecule has 3 heteroatoms. The Morgan fingerprint density at radius 3 is 2.72 bits per heavy atom. The van der Waals surface area contributed by atoms with Crippen molar-refractivity contribution in [1.82, 2.24) is 14.5 Å². The van der Waals surface area contributed by atoms with Gasteiger partial charge in [0, 0.05) is 36.6 Å². The molecule has 0 atom stereocenters. The third kappa shape index (κ3) is 1.68. The first-order valence-corrected chi connectivity index (χ1v) is 6.00. The average molecular weight is 237 g/mol. The van der Waals surface area contributed by atoms with E-state index in [9.17, 15) is 0 Å². The fraction of sp³-hybridized carbons (Fsp3) is 0.200. The van der Waals surface area contributed by atoms with Crippen molar-refractivity contribution < 1.29 is 0 Å². The van der Waals surface area contributed by atoms with E-state index in [1.807, 2.05) is 25.5 Å². The molecule has 0 N–H and O–H groups in total. The van der Waals surface area contributed by atoms with E-state index >= 15 is 0 Å². The molecule has 3 aromatic heterocycles. The molecule has 90 valence electrons. The molecule has 0 unspecified atom stereocenters. The van der Waals surface area contributed by atoms with Crippen LogP contribution in [-0.2, 0) is 7.05 Å². The van der Waals surface area contributed by atoms with Crippen LogP contribution in [0.2, 0.25) is 0 Å². The summed E-state index contributed by atoms with van der Waals surface area (Å²) in [5.41, 5.74) is 5.52. The standard InChI is InChI=1S/C15H15N3/c1-10-4-5-16-14(6-10)12-7-13-11(2)9-18(3)15(13)17-8-12/h4-9H,1-3H3. The van der Waals surface area contributed by atoms with Crippen molar-refractivity contribution in [2.75, 3.05) is 0 Å². The third-order valence-electron chi connectivity index (χ3n) is 3.22. The van der Waals surface area contributed by atoms with Crippen LogP contribution in [0.25, 0.3) is 22.3 Å². The maximum atomic E-state index is 4.53. The van der Waals surface area contributed by atoms with E-state index in [1.54, 1.807) is 0 Å². The second-order valence-corrected chi connectivity index (χ2v) is 4.74. The maximum Gasteiger partial charge on any atom is 0.139 e. The van der Waals surface area contributed by atoms with Gasteiger partial charge in [0.1, 0.15) is 5.65 Å². The molecule has 0 radical (unpaired) electrons. The van der Waals surface area contributed by atoms with Gasteiger partial charge in [0.05, 0.1) is 5.69 Å². The lowest BCUT2D eigenvalue weighted by Crippen LogP contribution is -1.89. The van der Waals surface area contributed by atoms with Gasteiger partial charge in [0.15, 0.2) is 0 Å². The molecule has 3 aromatic rings. The zero-order chi connectivity index (χ0) is 12.7. The molecule has 0 bridgehead atoms. The highest BCUT2D eigenvalue weighted by Gasteiger charge is 2.07. The summed E-state index contributed by atoms with van der Waals surface area (Å²) in [5, 5.41) is 1.19. The molecule has 3 heterocycles. The fourth-order valence-electron chi connectivity index (χ4n) is 2.28. The van der Waals surface area contributed by atoms with Crippen LogP contribution in [0.3, 0.4) is 0 Å². The van der Waals surface area contributed by atoms with Crippen LogP contribution < -0.4 is 0 Å². The van der Waals surface area contributed by atoms with Crippen LogP contribution >= 0.6 is 0 Å². The number of rotatable bonds is 1. The van der Waals surface area contributed by atoms with E-state index in [-0.39, 0.29) is 0 Å². The van der Waals surface area contributed by atoms with Crippen LogP contribution in [-0.4, -0.2) is 14.5 Å². The zero-order valence-electron chi connectivity index (χ0n) is 10.8. The highest BCUT2D eigenvalue weighted by Crippen LogP contribution is 2.24. The summed E-state index contributed by atoms with van der Waals surface area (Å²) in [5.74, 6) is 0. The summed E-state index contributed by atoms with van der Waals surface area (Å²) in [6.45, 7) is 4.18. The molecule has 0 saturated heterocycles. The van der Waals surface area contributed by atoms with Gasteiger partial charge in [-0.25, -0.2) is 4.98 Å². The Hall–Kier alpha value is -2.16. The molecule has 0 fully saturated rings. The predicted molar refractivity (Wildman–Crippen MR) is 73.4 cm³/mol. The normalized spacial score (nSPS) is 11.1. The van der Waals surface area contributed by atoms with E-state index in [2.05, 4.69) is 46.7 Å². The number of aryl methyl sites for hydroxylation is 3. The first kappa shape index (κ1) is 11.0. The van der Waals surface area contributed by atoms with E-state index in [4.69, 9.17) is 0 Å². The number of nitrogens with zero attached hydrogens (tertiary/aromatic N) is 3. The maximum absolute atomic E-state index is 4.53. The summed E-state index contributed by atoms with van der Waals surface area (Å²) in [7, 11) is 2.02. The van der Waals surface area contributed by atoms with Crippen molar-refractivity contribution in [3.63, 3.8) is 0 Å². The van der Waals surface area contributed by atoms with Crippen molar-refractivity contribution >= 4 is 11.0 Å². The second kappa shape index (κ2) is 3.95. The first-order chi connectivity index (χ1) is 8.65. The minimum atomic E-state index is 0.979. The number of hydrogen-bond donors (Lipinski definition) is 0. The van der Waals surface area contributed by atoms with Gasteiger partial charge in [-0.2, -0.15) is 0 Å². The van der Waals surface area contributed by atoms with Gasteiger partial charge in [-0.3, -0.25) is 4.98 Å². The molecule has 3 nitrogen and oxygen atoms in total. The van der Waals surface area contributed by atoms with Crippen molar-refractivity contribution in [3.8, 4) is 11.3 Å². The van der Waals surface area contributed by atoms with Crippen LogP contribution in [0.4, 0.5) is 0 Å². The Bertz CT molecular complexity index is 726. The van der Waals surface area contributed by atoms with Crippen LogP contribution in [0.1, 0.15) is 11.1 Å². The summed E-state index contributed by atoms with van der Waals surface area (Å²) >= 11 is 0. The molecule has 0 aliphatic carbocycles. The topological polar surface area (TPSA) is 30.7 Å². The van der Waals surface area contributed by atoms with Gasteiger partial charge >= 0.3 is 0 Å². The Kier molecular flexibility index (Phi) is 2.40. The molecule has 0 aromatic carbocycles. The van der Waals surface area contributed by atoms with Crippen molar-refractivity contribution in [2.24, 2.45) is 7.05 Å². The highest BCUT2D eigenvalue weighted by molar-refractivity contribution is 5.84. The first-order valence-electron chi connectivity index (χ1n) is 6.00. The van der Waals surface area contributed by atoms with Gasteiger partial charge in [-0.05, 0) is 43.2 Å². The molecule has 0 saturated carbocycles.